The monoisotopic (exact) mass is 498 g/mol. The predicted molar refractivity (Wildman–Crippen MR) is 142 cm³/mol. The number of anilines is 1. The highest BCUT2D eigenvalue weighted by Crippen LogP contribution is 2.47. The Morgan fingerprint density at radius 3 is 2.56 bits per heavy atom. The van der Waals surface area contributed by atoms with E-state index in [1.807, 2.05) is 36.0 Å². The van der Waals surface area contributed by atoms with Crippen LogP contribution in [0.15, 0.2) is 61.1 Å². The highest BCUT2D eigenvalue weighted by molar-refractivity contribution is 7.22. The number of fused-ring (bicyclic) bond motifs is 1. The fraction of sp³-hybridized carbons (Fsp3) is 0.259. The van der Waals surface area contributed by atoms with E-state index in [0.29, 0.717) is 11.7 Å². The fourth-order valence-electron chi connectivity index (χ4n) is 4.60. The van der Waals surface area contributed by atoms with Crippen LogP contribution in [0.4, 0.5) is 5.82 Å². The molecule has 1 aliphatic carbocycles. The Labute approximate surface area is 213 Å². The van der Waals surface area contributed by atoms with Crippen LogP contribution in [0.25, 0.3) is 43.4 Å². The van der Waals surface area contributed by atoms with Gasteiger partial charge in [-0.1, -0.05) is 30.3 Å². The minimum Gasteiger partial charge on any atom is -0.481 e. The maximum atomic E-state index is 5.51. The molecule has 1 aromatic carbocycles. The minimum absolute atomic E-state index is 0.282. The summed E-state index contributed by atoms with van der Waals surface area (Å²) in [6.07, 6.45) is 7.62. The number of methoxy groups -OCH3 is 2. The molecule has 5 aromatic rings. The topological polar surface area (TPSA) is 87.0 Å². The van der Waals surface area contributed by atoms with Gasteiger partial charge < -0.3 is 19.4 Å². The van der Waals surface area contributed by atoms with Crippen LogP contribution in [0.5, 0.6) is 5.88 Å². The summed E-state index contributed by atoms with van der Waals surface area (Å²) in [5.74, 6) is 2.71. The number of nitrogens with one attached hydrogen (secondary N) is 1. The molecule has 6 rings (SSSR count). The highest BCUT2D eigenvalue weighted by atomic mass is 32.1. The molecular weight excluding hydrogens is 472 g/mol. The van der Waals surface area contributed by atoms with Crippen molar-refractivity contribution >= 4 is 27.4 Å². The van der Waals surface area contributed by atoms with Crippen molar-refractivity contribution in [3.63, 3.8) is 0 Å². The van der Waals surface area contributed by atoms with E-state index in [-0.39, 0.29) is 12.1 Å². The zero-order valence-electron chi connectivity index (χ0n) is 20.3. The molecule has 0 radical (unpaired) electrons. The normalized spacial score (nSPS) is 17.2. The third-order valence-corrected chi connectivity index (χ3v) is 7.74. The van der Waals surface area contributed by atoms with Gasteiger partial charge in [-0.2, -0.15) is 0 Å². The molecule has 0 atom stereocenters. The fourth-order valence-corrected chi connectivity index (χ4v) is 5.79. The second-order valence-corrected chi connectivity index (χ2v) is 9.87. The summed E-state index contributed by atoms with van der Waals surface area (Å²) >= 11 is 1.64. The van der Waals surface area contributed by atoms with Crippen molar-refractivity contribution in [3.05, 3.63) is 61.1 Å². The lowest BCUT2D eigenvalue weighted by Crippen LogP contribution is -2.40. The summed E-state index contributed by atoms with van der Waals surface area (Å²) in [5, 5.41) is 4.72. The molecule has 1 fully saturated rings. The zero-order valence-corrected chi connectivity index (χ0v) is 21.1. The molecule has 0 saturated heterocycles. The summed E-state index contributed by atoms with van der Waals surface area (Å²) in [7, 11) is 5.36. The number of ether oxygens (including phenoxy) is 2. The van der Waals surface area contributed by atoms with Crippen molar-refractivity contribution < 1.29 is 9.47 Å². The molecule has 1 saturated carbocycles. The van der Waals surface area contributed by atoms with Crippen LogP contribution in [0.2, 0.25) is 0 Å². The van der Waals surface area contributed by atoms with Gasteiger partial charge in [0.15, 0.2) is 11.6 Å². The Morgan fingerprint density at radius 2 is 1.83 bits per heavy atom. The zero-order chi connectivity index (χ0) is 24.6. The summed E-state index contributed by atoms with van der Waals surface area (Å²) in [6.45, 7) is 0. The van der Waals surface area contributed by atoms with E-state index in [1.165, 1.54) is 0 Å². The van der Waals surface area contributed by atoms with Gasteiger partial charge in [-0.15, -0.1) is 11.3 Å². The van der Waals surface area contributed by atoms with Crippen LogP contribution in [0.1, 0.15) is 12.8 Å². The number of pyridine rings is 1. The first-order valence-electron chi connectivity index (χ1n) is 11.8. The van der Waals surface area contributed by atoms with Crippen molar-refractivity contribution in [2.24, 2.45) is 7.05 Å². The van der Waals surface area contributed by atoms with Gasteiger partial charge in [0.05, 0.1) is 18.6 Å². The first kappa shape index (κ1) is 22.6. The second kappa shape index (κ2) is 9.33. The molecule has 0 spiro atoms. The van der Waals surface area contributed by atoms with Crippen LogP contribution in [-0.4, -0.2) is 50.9 Å². The second-order valence-electron chi connectivity index (χ2n) is 8.87. The lowest BCUT2D eigenvalue weighted by molar-refractivity contribution is 0.0328. The first-order chi connectivity index (χ1) is 17.6. The molecule has 0 bridgehead atoms. The SMILES string of the molecule is COc1cc(-c2sc3nc(-c4nccn4C)nc(NC4CC(OC)C4)c3c2-c2ccccc2)ccn1. The van der Waals surface area contributed by atoms with Crippen LogP contribution in [0, 0.1) is 0 Å². The van der Waals surface area contributed by atoms with Gasteiger partial charge in [0, 0.05) is 55.3 Å². The molecule has 4 heterocycles. The summed E-state index contributed by atoms with van der Waals surface area (Å²) in [4.78, 5) is 20.8. The van der Waals surface area contributed by atoms with Crippen LogP contribution >= 0.6 is 11.3 Å². The minimum atomic E-state index is 0.282. The van der Waals surface area contributed by atoms with Crippen molar-refractivity contribution in [1.82, 2.24) is 24.5 Å². The van der Waals surface area contributed by atoms with Gasteiger partial charge >= 0.3 is 0 Å². The molecule has 36 heavy (non-hydrogen) atoms. The lowest BCUT2D eigenvalue weighted by atomic mass is 9.89. The van der Waals surface area contributed by atoms with Crippen molar-refractivity contribution in [1.29, 1.82) is 0 Å². The van der Waals surface area contributed by atoms with Crippen molar-refractivity contribution in [2.45, 2.75) is 25.0 Å². The van der Waals surface area contributed by atoms with E-state index in [1.54, 1.807) is 38.0 Å². The van der Waals surface area contributed by atoms with Gasteiger partial charge in [-0.05, 0) is 30.0 Å². The van der Waals surface area contributed by atoms with E-state index >= 15 is 0 Å². The van der Waals surface area contributed by atoms with E-state index in [9.17, 15) is 0 Å². The summed E-state index contributed by atoms with van der Waals surface area (Å²) in [6, 6.07) is 14.7. The number of benzene rings is 1. The number of aryl methyl sites for hydroxylation is 1. The molecule has 9 heteroatoms. The molecule has 4 aromatic heterocycles. The lowest BCUT2D eigenvalue weighted by Gasteiger charge is -2.35. The Morgan fingerprint density at radius 1 is 1.00 bits per heavy atom. The first-order valence-corrected chi connectivity index (χ1v) is 12.6. The van der Waals surface area contributed by atoms with Gasteiger partial charge in [-0.25, -0.2) is 19.9 Å². The van der Waals surface area contributed by atoms with Crippen LogP contribution < -0.4 is 10.1 Å². The van der Waals surface area contributed by atoms with Gasteiger partial charge in [0.25, 0.3) is 0 Å². The highest BCUT2D eigenvalue weighted by Gasteiger charge is 2.31. The van der Waals surface area contributed by atoms with Crippen molar-refractivity contribution in [3.8, 4) is 39.1 Å². The van der Waals surface area contributed by atoms with Crippen LogP contribution in [0.3, 0.4) is 0 Å². The van der Waals surface area contributed by atoms with Crippen LogP contribution in [-0.2, 0) is 11.8 Å². The largest absolute Gasteiger partial charge is 0.481 e. The summed E-state index contributed by atoms with van der Waals surface area (Å²) < 4.78 is 12.9. The molecule has 1 N–H and O–H groups in total. The maximum absolute atomic E-state index is 5.51. The van der Waals surface area contributed by atoms with E-state index < -0.39 is 0 Å². The Balaban J connectivity index is 1.60. The third-order valence-electron chi connectivity index (χ3n) is 6.61. The Hall–Kier alpha value is -3.82. The molecule has 0 amide bonds. The molecule has 0 unspecified atom stereocenters. The number of hydrogen-bond acceptors (Lipinski definition) is 8. The van der Waals surface area contributed by atoms with E-state index in [0.717, 1.165) is 56.3 Å². The van der Waals surface area contributed by atoms with Gasteiger partial charge in [0.2, 0.25) is 5.88 Å². The summed E-state index contributed by atoms with van der Waals surface area (Å²) in [5.41, 5.74) is 3.23. The number of aromatic nitrogens is 5. The standard InChI is InChI=1S/C27H26N6O2S/c1-33-12-11-29-26(33)25-31-24(30-18-14-19(15-18)34-2)22-21(16-7-5-4-6-8-16)23(36-27(22)32-25)17-9-10-28-20(13-17)35-3/h4-13,18-19H,14-15H2,1-3H3,(H,30,31,32). The molecule has 1 aliphatic rings. The number of thiophene rings is 1. The number of rotatable bonds is 7. The molecule has 182 valence electrons. The molecular formula is C27H26N6O2S. The average molecular weight is 499 g/mol. The maximum Gasteiger partial charge on any atom is 0.213 e. The molecule has 8 nitrogen and oxygen atoms in total. The van der Waals surface area contributed by atoms with Gasteiger partial charge in [0.1, 0.15) is 10.6 Å². The van der Waals surface area contributed by atoms with Crippen molar-refractivity contribution in [2.75, 3.05) is 19.5 Å². The average Bonchev–Trinajstić information content (AvgIpc) is 3.50. The third kappa shape index (κ3) is 4.00. The predicted octanol–water partition coefficient (Wildman–Crippen LogP) is 5.42. The van der Waals surface area contributed by atoms with E-state index in [4.69, 9.17) is 19.4 Å². The number of imidazole rings is 1. The number of nitrogens with zero attached hydrogens (tertiary/aromatic N) is 5. The quantitative estimate of drug-likeness (QED) is 0.321. The molecule has 0 aliphatic heterocycles. The smallest absolute Gasteiger partial charge is 0.213 e. The Kier molecular flexibility index (Phi) is 5.86. The van der Waals surface area contributed by atoms with Gasteiger partial charge in [-0.3, -0.25) is 0 Å². The number of hydrogen-bond donors (Lipinski definition) is 1. The Bertz CT molecular complexity index is 1520. The van der Waals surface area contributed by atoms with E-state index in [2.05, 4.69) is 39.6 Å².